The summed E-state index contributed by atoms with van der Waals surface area (Å²) < 4.78 is 6.24. The molecule has 0 bridgehead atoms. The molecule has 1 heterocycles. The first-order valence-electron chi connectivity index (χ1n) is 7.36. The van der Waals surface area contributed by atoms with Gasteiger partial charge in [-0.2, -0.15) is 0 Å². The van der Waals surface area contributed by atoms with Crippen LogP contribution >= 0.6 is 46.0 Å². The van der Waals surface area contributed by atoms with Crippen molar-refractivity contribution in [1.29, 1.82) is 0 Å². The number of nitrogens with one attached hydrogen (secondary N) is 1. The van der Waals surface area contributed by atoms with Gasteiger partial charge in [0.15, 0.2) is 5.17 Å². The number of ether oxygens (including phenoxy) is 1. The van der Waals surface area contributed by atoms with Crippen LogP contribution in [0.4, 0.5) is 5.69 Å². The van der Waals surface area contributed by atoms with Crippen molar-refractivity contribution in [1.82, 2.24) is 5.32 Å². The number of methoxy groups -OCH3 is 1. The van der Waals surface area contributed by atoms with E-state index in [2.05, 4.69) is 32.9 Å². The maximum absolute atomic E-state index is 12.2. The van der Waals surface area contributed by atoms with Crippen molar-refractivity contribution < 1.29 is 9.53 Å². The number of halogens is 2. The Kier molecular flexibility index (Phi) is 5.71. The lowest BCUT2D eigenvalue weighted by molar-refractivity contribution is -0.115. The lowest BCUT2D eigenvalue weighted by Crippen LogP contribution is -2.19. The number of rotatable bonds is 3. The van der Waals surface area contributed by atoms with E-state index in [1.807, 2.05) is 49.4 Å². The van der Waals surface area contributed by atoms with Gasteiger partial charge in [-0.15, -0.1) is 0 Å². The number of amidine groups is 1. The number of thioether (sulfide) groups is 1. The normalized spacial score (nSPS) is 17.2. The first kappa shape index (κ1) is 18.3. The maximum Gasteiger partial charge on any atom is 0.264 e. The van der Waals surface area contributed by atoms with Crippen molar-refractivity contribution in [2.75, 3.05) is 7.11 Å². The van der Waals surface area contributed by atoms with Crippen molar-refractivity contribution in [3.8, 4) is 5.75 Å². The molecule has 0 aromatic heterocycles. The molecule has 0 saturated carbocycles. The Balaban J connectivity index is 1.86. The summed E-state index contributed by atoms with van der Waals surface area (Å²) in [5.41, 5.74) is 2.56. The summed E-state index contributed by atoms with van der Waals surface area (Å²) in [5, 5.41) is 3.99. The molecule has 1 amide bonds. The summed E-state index contributed by atoms with van der Waals surface area (Å²) in [6.07, 6.45) is 1.84. The summed E-state index contributed by atoms with van der Waals surface area (Å²) in [6, 6.07) is 11.3. The van der Waals surface area contributed by atoms with Crippen LogP contribution < -0.4 is 10.1 Å². The summed E-state index contributed by atoms with van der Waals surface area (Å²) in [6.45, 7) is 1.90. The van der Waals surface area contributed by atoms with Crippen molar-refractivity contribution in [2.24, 2.45) is 4.99 Å². The van der Waals surface area contributed by atoms with E-state index in [1.54, 1.807) is 7.11 Å². The SMILES string of the molecule is COc1ccc(/C=C2/SC(=Nc3cccc(Cl)c3C)NC2=O)cc1I. The number of amides is 1. The Hall–Kier alpha value is -1.51. The van der Waals surface area contributed by atoms with Gasteiger partial charge in [0.2, 0.25) is 0 Å². The van der Waals surface area contributed by atoms with Crippen molar-refractivity contribution >= 4 is 68.8 Å². The van der Waals surface area contributed by atoms with Crippen LogP contribution in [-0.4, -0.2) is 18.2 Å². The van der Waals surface area contributed by atoms with E-state index in [-0.39, 0.29) is 5.91 Å². The fourth-order valence-corrected chi connectivity index (χ4v) is 3.99. The summed E-state index contributed by atoms with van der Waals surface area (Å²) >= 11 is 9.64. The van der Waals surface area contributed by atoms with Crippen molar-refractivity contribution in [3.05, 3.63) is 61.0 Å². The Morgan fingerprint density at radius 1 is 1.32 bits per heavy atom. The van der Waals surface area contributed by atoms with Gasteiger partial charge in [-0.3, -0.25) is 4.79 Å². The van der Waals surface area contributed by atoms with Crippen LogP contribution in [0.25, 0.3) is 6.08 Å². The van der Waals surface area contributed by atoms with Gasteiger partial charge < -0.3 is 10.1 Å². The highest BCUT2D eigenvalue weighted by molar-refractivity contribution is 14.1. The average molecular weight is 485 g/mol. The molecule has 0 atom stereocenters. The van der Waals surface area contributed by atoms with E-state index in [9.17, 15) is 4.79 Å². The quantitative estimate of drug-likeness (QED) is 0.484. The smallest absolute Gasteiger partial charge is 0.264 e. The van der Waals surface area contributed by atoms with Gasteiger partial charge in [0.1, 0.15) is 5.75 Å². The van der Waals surface area contributed by atoms with Gasteiger partial charge in [-0.25, -0.2) is 4.99 Å². The Labute approximate surface area is 168 Å². The van der Waals surface area contributed by atoms with Gasteiger partial charge in [0, 0.05) is 5.02 Å². The van der Waals surface area contributed by atoms with Gasteiger partial charge in [-0.1, -0.05) is 23.7 Å². The molecule has 0 aliphatic carbocycles. The minimum atomic E-state index is -0.158. The lowest BCUT2D eigenvalue weighted by atomic mass is 10.2. The molecule has 4 nitrogen and oxygen atoms in total. The Bertz CT molecular complexity index is 912. The maximum atomic E-state index is 12.2. The van der Waals surface area contributed by atoms with E-state index in [0.29, 0.717) is 15.1 Å². The minimum Gasteiger partial charge on any atom is -0.496 e. The molecule has 0 radical (unpaired) electrons. The molecule has 1 aliphatic rings. The van der Waals surface area contributed by atoms with E-state index < -0.39 is 0 Å². The highest BCUT2D eigenvalue weighted by Crippen LogP contribution is 2.31. The van der Waals surface area contributed by atoms with Gasteiger partial charge in [0.25, 0.3) is 5.91 Å². The molecule has 1 aliphatic heterocycles. The summed E-state index contributed by atoms with van der Waals surface area (Å²) in [7, 11) is 1.64. The predicted molar refractivity (Wildman–Crippen MR) is 113 cm³/mol. The molecule has 128 valence electrons. The third-order valence-corrected chi connectivity index (χ3v) is 5.75. The van der Waals surface area contributed by atoms with Crippen molar-refractivity contribution in [2.45, 2.75) is 6.92 Å². The number of hydrogen-bond acceptors (Lipinski definition) is 4. The second kappa shape index (κ2) is 7.80. The highest BCUT2D eigenvalue weighted by atomic mass is 127. The zero-order valence-corrected chi connectivity index (χ0v) is 17.2. The minimum absolute atomic E-state index is 0.158. The average Bonchev–Trinajstić information content (AvgIpc) is 2.91. The molecule has 2 aromatic carbocycles. The largest absolute Gasteiger partial charge is 0.496 e. The molecule has 7 heteroatoms. The van der Waals surface area contributed by atoms with Crippen molar-refractivity contribution in [3.63, 3.8) is 0 Å². The van der Waals surface area contributed by atoms with E-state index >= 15 is 0 Å². The van der Waals surface area contributed by atoms with Crippen LogP contribution in [-0.2, 0) is 4.79 Å². The zero-order valence-electron chi connectivity index (χ0n) is 13.5. The Morgan fingerprint density at radius 2 is 2.12 bits per heavy atom. The zero-order chi connectivity index (χ0) is 18.0. The van der Waals surface area contributed by atoms with Gasteiger partial charge >= 0.3 is 0 Å². The van der Waals surface area contributed by atoms with E-state index in [1.165, 1.54) is 11.8 Å². The van der Waals surface area contributed by atoms with Crippen LogP contribution in [0, 0.1) is 10.5 Å². The highest BCUT2D eigenvalue weighted by Gasteiger charge is 2.24. The molecule has 0 spiro atoms. The molecule has 0 unspecified atom stereocenters. The molecular formula is C18H14ClIN2O2S. The number of aliphatic imine (C=N–C) groups is 1. The molecule has 1 fully saturated rings. The van der Waals surface area contributed by atoms with E-state index in [4.69, 9.17) is 16.3 Å². The standard InChI is InChI=1S/C18H14ClIN2O2S/c1-10-12(19)4-3-5-14(10)21-18-22-17(23)16(25-18)9-11-6-7-15(24-2)13(20)8-11/h3-9H,1-2H3,(H,21,22,23)/b16-9+. The molecule has 1 N–H and O–H groups in total. The number of carbonyl (C=O) groups excluding carboxylic acids is 1. The second-order valence-electron chi connectivity index (χ2n) is 5.26. The third kappa shape index (κ3) is 4.19. The molecule has 1 saturated heterocycles. The van der Waals surface area contributed by atoms with Crippen LogP contribution in [0.3, 0.4) is 0 Å². The number of nitrogens with zero attached hydrogens (tertiary/aromatic N) is 1. The van der Waals surface area contributed by atoms with Gasteiger partial charge in [-0.05, 0) is 82.7 Å². The second-order valence-corrected chi connectivity index (χ2v) is 7.86. The first-order valence-corrected chi connectivity index (χ1v) is 9.63. The third-order valence-electron chi connectivity index (χ3n) is 3.59. The number of carbonyl (C=O) groups is 1. The monoisotopic (exact) mass is 484 g/mol. The van der Waals surface area contributed by atoms with E-state index in [0.717, 1.165) is 26.1 Å². The fourth-order valence-electron chi connectivity index (χ4n) is 2.23. The van der Waals surface area contributed by atoms with Crippen LogP contribution in [0.2, 0.25) is 5.02 Å². The van der Waals surface area contributed by atoms with Crippen LogP contribution in [0.1, 0.15) is 11.1 Å². The molecule has 2 aromatic rings. The number of benzene rings is 2. The van der Waals surface area contributed by atoms with Crippen LogP contribution in [0.15, 0.2) is 46.3 Å². The lowest BCUT2D eigenvalue weighted by Gasteiger charge is -2.03. The topological polar surface area (TPSA) is 50.7 Å². The summed E-state index contributed by atoms with van der Waals surface area (Å²) in [5.74, 6) is 0.652. The first-order chi connectivity index (χ1) is 12.0. The number of hydrogen-bond donors (Lipinski definition) is 1. The predicted octanol–water partition coefficient (Wildman–Crippen LogP) is 5.15. The molecule has 25 heavy (non-hydrogen) atoms. The molecule has 3 rings (SSSR count). The summed E-state index contributed by atoms with van der Waals surface area (Å²) in [4.78, 5) is 17.3. The fraction of sp³-hybridized carbons (Fsp3) is 0.111. The van der Waals surface area contributed by atoms with Gasteiger partial charge in [0.05, 0.1) is 21.3 Å². The Morgan fingerprint density at radius 3 is 2.84 bits per heavy atom. The van der Waals surface area contributed by atoms with Crippen LogP contribution in [0.5, 0.6) is 5.75 Å². The molecular weight excluding hydrogens is 471 g/mol.